The van der Waals surface area contributed by atoms with E-state index in [-0.39, 0.29) is 23.1 Å². The fourth-order valence-electron chi connectivity index (χ4n) is 3.31. The summed E-state index contributed by atoms with van der Waals surface area (Å²) in [7, 11) is -1.15. The summed E-state index contributed by atoms with van der Waals surface area (Å²) < 4.78 is 38.8. The summed E-state index contributed by atoms with van der Waals surface area (Å²) in [5.74, 6) is 0.980. The summed E-state index contributed by atoms with van der Waals surface area (Å²) >= 11 is 1.63. The van der Waals surface area contributed by atoms with E-state index >= 15 is 0 Å². The van der Waals surface area contributed by atoms with E-state index in [1.54, 1.807) is 23.9 Å². The maximum absolute atomic E-state index is 13.6. The molecule has 0 saturated heterocycles. The highest BCUT2D eigenvalue weighted by atomic mass is 32.2. The molecule has 0 radical (unpaired) electrons. The zero-order valence-electron chi connectivity index (χ0n) is 20.3. The molecule has 3 aromatic rings. The lowest BCUT2D eigenvalue weighted by molar-refractivity contribution is -0.119. The van der Waals surface area contributed by atoms with Crippen LogP contribution >= 0.6 is 11.8 Å². The van der Waals surface area contributed by atoms with E-state index < -0.39 is 10.0 Å². The zero-order chi connectivity index (χ0) is 25.4. The van der Waals surface area contributed by atoms with Crippen molar-refractivity contribution in [2.45, 2.75) is 23.6 Å². The number of rotatable bonds is 11. The predicted octanol–water partition coefficient (Wildman–Crippen LogP) is 4.42. The van der Waals surface area contributed by atoms with Crippen molar-refractivity contribution in [3.8, 4) is 11.5 Å². The van der Waals surface area contributed by atoms with Gasteiger partial charge in [0.05, 0.1) is 24.8 Å². The van der Waals surface area contributed by atoms with E-state index in [9.17, 15) is 13.2 Å². The van der Waals surface area contributed by atoms with E-state index in [1.165, 1.54) is 38.0 Å². The molecular weight excluding hydrogens is 484 g/mol. The van der Waals surface area contributed by atoms with Gasteiger partial charge < -0.3 is 14.8 Å². The first-order valence-corrected chi connectivity index (χ1v) is 13.4. The van der Waals surface area contributed by atoms with Gasteiger partial charge >= 0.3 is 0 Å². The van der Waals surface area contributed by atoms with E-state index in [0.29, 0.717) is 23.7 Å². The van der Waals surface area contributed by atoms with Crippen molar-refractivity contribution in [2.75, 3.05) is 37.4 Å². The van der Waals surface area contributed by atoms with E-state index in [1.807, 2.05) is 50.2 Å². The van der Waals surface area contributed by atoms with E-state index in [0.717, 1.165) is 14.8 Å². The number of thioether (sulfide) groups is 1. The van der Waals surface area contributed by atoms with Gasteiger partial charge in [-0.3, -0.25) is 9.10 Å². The zero-order valence-corrected chi connectivity index (χ0v) is 21.9. The van der Waals surface area contributed by atoms with Crippen LogP contribution in [0, 0.1) is 13.8 Å². The number of carbonyl (C=O) groups is 1. The minimum absolute atomic E-state index is 0.00143. The minimum atomic E-state index is -4.07. The molecule has 3 aromatic carbocycles. The number of hydrogen-bond acceptors (Lipinski definition) is 6. The standard InChI is InChI=1S/C26H30N2O5S2/c1-19-5-9-21(10-6-19)28(35(30,31)23-13-14-24(32-3)25(17-23)33-4)18-26(29)27-15-16-34-22-11-7-20(2)8-12-22/h5-14,17H,15-16,18H2,1-4H3,(H,27,29). The van der Waals surface area contributed by atoms with Crippen LogP contribution in [0.25, 0.3) is 0 Å². The van der Waals surface area contributed by atoms with Crippen molar-refractivity contribution in [3.63, 3.8) is 0 Å². The Morgan fingerprint density at radius 3 is 2.09 bits per heavy atom. The summed E-state index contributed by atoms with van der Waals surface area (Å²) in [4.78, 5) is 13.9. The van der Waals surface area contributed by atoms with Crippen molar-refractivity contribution < 1.29 is 22.7 Å². The van der Waals surface area contributed by atoms with Crippen LogP contribution in [0.3, 0.4) is 0 Å². The summed E-state index contributed by atoms with van der Waals surface area (Å²) in [5, 5.41) is 2.83. The van der Waals surface area contributed by atoms with Crippen molar-refractivity contribution in [2.24, 2.45) is 0 Å². The molecule has 0 aliphatic carbocycles. The summed E-state index contributed by atoms with van der Waals surface area (Å²) in [6, 6.07) is 19.5. The smallest absolute Gasteiger partial charge is 0.264 e. The van der Waals surface area contributed by atoms with Gasteiger partial charge in [0.1, 0.15) is 6.54 Å². The van der Waals surface area contributed by atoms with Crippen molar-refractivity contribution in [1.29, 1.82) is 0 Å². The maximum atomic E-state index is 13.6. The SMILES string of the molecule is COc1ccc(S(=O)(=O)N(CC(=O)NCCSc2ccc(C)cc2)c2ccc(C)cc2)cc1OC. The van der Waals surface area contributed by atoms with Gasteiger partial charge in [-0.2, -0.15) is 0 Å². The third-order valence-electron chi connectivity index (χ3n) is 5.27. The Morgan fingerprint density at radius 1 is 0.886 bits per heavy atom. The van der Waals surface area contributed by atoms with Crippen molar-refractivity contribution in [1.82, 2.24) is 5.32 Å². The van der Waals surface area contributed by atoms with Crippen LogP contribution in [0.4, 0.5) is 5.69 Å². The summed E-state index contributed by atoms with van der Waals surface area (Å²) in [6.45, 7) is 4.00. The first-order chi connectivity index (χ1) is 16.7. The molecule has 186 valence electrons. The Morgan fingerprint density at radius 2 is 1.49 bits per heavy atom. The molecule has 0 aliphatic rings. The molecule has 0 aliphatic heterocycles. The van der Waals surface area contributed by atoms with Gasteiger partial charge in [0, 0.05) is 23.3 Å². The number of amides is 1. The van der Waals surface area contributed by atoms with Crippen LogP contribution in [-0.4, -0.2) is 47.4 Å². The molecule has 9 heteroatoms. The molecule has 0 aromatic heterocycles. The molecule has 0 saturated carbocycles. The van der Waals surface area contributed by atoms with Gasteiger partial charge in [-0.15, -0.1) is 11.8 Å². The number of nitrogens with one attached hydrogen (secondary N) is 1. The number of ether oxygens (including phenoxy) is 2. The minimum Gasteiger partial charge on any atom is -0.493 e. The second kappa shape index (κ2) is 12.0. The number of carbonyl (C=O) groups excluding carboxylic acids is 1. The van der Waals surface area contributed by atoms with Gasteiger partial charge in [0.25, 0.3) is 10.0 Å². The van der Waals surface area contributed by atoms with Gasteiger partial charge in [-0.1, -0.05) is 35.4 Å². The lowest BCUT2D eigenvalue weighted by Gasteiger charge is -2.24. The predicted molar refractivity (Wildman–Crippen MR) is 140 cm³/mol. The van der Waals surface area contributed by atoms with Crippen LogP contribution in [0.1, 0.15) is 11.1 Å². The molecule has 0 fully saturated rings. The number of aryl methyl sites for hydroxylation is 2. The number of hydrogen-bond donors (Lipinski definition) is 1. The summed E-state index contributed by atoms with van der Waals surface area (Å²) in [5.41, 5.74) is 2.57. The highest BCUT2D eigenvalue weighted by molar-refractivity contribution is 7.99. The van der Waals surface area contributed by atoms with Crippen LogP contribution in [0.5, 0.6) is 11.5 Å². The molecule has 0 heterocycles. The molecule has 1 amide bonds. The molecule has 7 nitrogen and oxygen atoms in total. The lowest BCUT2D eigenvalue weighted by atomic mass is 10.2. The molecule has 0 bridgehead atoms. The molecule has 0 atom stereocenters. The van der Waals surface area contributed by atoms with Gasteiger partial charge in [0.2, 0.25) is 5.91 Å². The second-order valence-electron chi connectivity index (χ2n) is 7.88. The molecule has 1 N–H and O–H groups in total. The van der Waals surface area contributed by atoms with Gasteiger partial charge in [-0.05, 0) is 50.2 Å². The Balaban J connectivity index is 1.76. The number of anilines is 1. The Bertz CT molecular complexity index is 1240. The van der Waals surface area contributed by atoms with Crippen LogP contribution in [0.2, 0.25) is 0 Å². The first kappa shape index (κ1) is 26.4. The quantitative estimate of drug-likeness (QED) is 0.301. The highest BCUT2D eigenvalue weighted by Crippen LogP contribution is 2.32. The van der Waals surface area contributed by atoms with E-state index in [2.05, 4.69) is 5.32 Å². The third-order valence-corrected chi connectivity index (χ3v) is 8.05. The van der Waals surface area contributed by atoms with Crippen LogP contribution < -0.4 is 19.1 Å². The number of benzene rings is 3. The Kier molecular flexibility index (Phi) is 9.06. The molecule has 3 rings (SSSR count). The van der Waals surface area contributed by atoms with Crippen LogP contribution in [-0.2, 0) is 14.8 Å². The van der Waals surface area contributed by atoms with Crippen molar-refractivity contribution in [3.05, 3.63) is 77.9 Å². The average Bonchev–Trinajstić information content (AvgIpc) is 2.86. The largest absolute Gasteiger partial charge is 0.493 e. The second-order valence-corrected chi connectivity index (χ2v) is 10.9. The van der Waals surface area contributed by atoms with Crippen LogP contribution in [0.15, 0.2) is 76.5 Å². The molecule has 35 heavy (non-hydrogen) atoms. The van der Waals surface area contributed by atoms with E-state index in [4.69, 9.17) is 9.47 Å². The maximum Gasteiger partial charge on any atom is 0.264 e. The number of nitrogens with zero attached hydrogens (tertiary/aromatic N) is 1. The highest BCUT2D eigenvalue weighted by Gasteiger charge is 2.28. The molecular formula is C26H30N2O5S2. The number of methoxy groups -OCH3 is 2. The lowest BCUT2D eigenvalue weighted by Crippen LogP contribution is -2.41. The number of sulfonamides is 1. The monoisotopic (exact) mass is 514 g/mol. The fourth-order valence-corrected chi connectivity index (χ4v) is 5.52. The Labute approximate surface area is 211 Å². The third kappa shape index (κ3) is 6.93. The average molecular weight is 515 g/mol. The fraction of sp³-hybridized carbons (Fsp3) is 0.269. The first-order valence-electron chi connectivity index (χ1n) is 11.0. The van der Waals surface area contributed by atoms with Crippen molar-refractivity contribution >= 4 is 33.4 Å². The molecule has 0 spiro atoms. The molecule has 0 unspecified atom stereocenters. The normalized spacial score (nSPS) is 11.1. The van der Waals surface area contributed by atoms with Gasteiger partial charge in [-0.25, -0.2) is 8.42 Å². The Hall–Kier alpha value is -3.17. The summed E-state index contributed by atoms with van der Waals surface area (Å²) in [6.07, 6.45) is 0. The van der Waals surface area contributed by atoms with Gasteiger partial charge in [0.15, 0.2) is 11.5 Å². The topological polar surface area (TPSA) is 84.9 Å².